The number of nitrogens with zero attached hydrogens (tertiary/aromatic N) is 1. The molecule has 1 aliphatic heterocycles. The first kappa shape index (κ1) is 25.3. The Morgan fingerprint density at radius 3 is 1.75 bits per heavy atom. The van der Waals surface area contributed by atoms with Crippen molar-refractivity contribution in [3.05, 3.63) is 100 Å². The van der Waals surface area contributed by atoms with E-state index in [-0.39, 0.29) is 59.3 Å². The fourth-order valence-corrected chi connectivity index (χ4v) is 8.03. The van der Waals surface area contributed by atoms with E-state index in [1.807, 2.05) is 49.4 Å². The van der Waals surface area contributed by atoms with Gasteiger partial charge in [0.2, 0.25) is 11.8 Å². The van der Waals surface area contributed by atoms with Gasteiger partial charge >= 0.3 is 5.97 Å². The molecule has 5 aliphatic rings. The number of likely N-dealkylation sites (tertiary alicyclic amines) is 1. The van der Waals surface area contributed by atoms with Crippen LogP contribution >= 0.6 is 0 Å². The number of carbonyl (C=O) groups is 3. The molecule has 1 heterocycles. The van der Waals surface area contributed by atoms with Crippen LogP contribution in [0.25, 0.3) is 0 Å². The maximum Gasteiger partial charge on any atom is 0.314 e. The average Bonchev–Trinajstić information content (AvgIpc) is 3.23. The molecule has 2 atom stereocenters. The van der Waals surface area contributed by atoms with Gasteiger partial charge in [0.25, 0.3) is 0 Å². The number of aryl methyl sites for hydroxylation is 1. The van der Waals surface area contributed by atoms with Gasteiger partial charge in [0.1, 0.15) is 5.75 Å². The largest absolute Gasteiger partial charge is 0.426 e. The number of ether oxygens (including phenoxy) is 1. The number of imide groups is 1. The van der Waals surface area contributed by atoms with E-state index >= 15 is 0 Å². The number of benzene rings is 3. The zero-order chi connectivity index (χ0) is 27.7. The summed E-state index contributed by atoms with van der Waals surface area (Å²) >= 11 is 0. The van der Waals surface area contributed by atoms with Gasteiger partial charge in [0, 0.05) is 17.9 Å². The van der Waals surface area contributed by atoms with Crippen molar-refractivity contribution >= 4 is 17.8 Å². The SMILES string of the molecule is Cc1ccc(C(C)C)c(OC(=O)C2CCC(N3C(=O)C4C5c6ccccc6C(c6ccccc65)C4C3=O)CC2)c1. The summed E-state index contributed by atoms with van der Waals surface area (Å²) < 4.78 is 5.93. The van der Waals surface area contributed by atoms with Crippen LogP contribution in [0.15, 0.2) is 66.7 Å². The zero-order valence-electron chi connectivity index (χ0n) is 23.3. The summed E-state index contributed by atoms with van der Waals surface area (Å²) in [7, 11) is 0. The van der Waals surface area contributed by atoms with Crippen LogP contribution in [0, 0.1) is 24.7 Å². The summed E-state index contributed by atoms with van der Waals surface area (Å²) in [6.07, 6.45) is 2.51. The van der Waals surface area contributed by atoms with Gasteiger partial charge in [-0.1, -0.05) is 74.5 Å². The van der Waals surface area contributed by atoms with Crippen molar-refractivity contribution in [3.8, 4) is 5.75 Å². The first-order valence-electron chi connectivity index (χ1n) is 14.7. The van der Waals surface area contributed by atoms with E-state index in [0.717, 1.165) is 11.1 Å². The Labute approximate surface area is 235 Å². The van der Waals surface area contributed by atoms with E-state index < -0.39 is 0 Å². The first-order chi connectivity index (χ1) is 19.3. The van der Waals surface area contributed by atoms with E-state index in [1.165, 1.54) is 22.3 Å². The molecule has 40 heavy (non-hydrogen) atoms. The second kappa shape index (κ2) is 9.43. The van der Waals surface area contributed by atoms with Gasteiger partial charge in [-0.15, -0.1) is 0 Å². The molecule has 5 nitrogen and oxygen atoms in total. The normalized spacial score (nSPS) is 28.4. The fourth-order valence-electron chi connectivity index (χ4n) is 8.03. The standard InChI is InChI=1S/C35H35NO4/c1-19(2)23-17-12-20(3)18-28(23)40-35(39)21-13-15-22(16-14-21)36-33(37)31-29-24-8-4-5-9-25(24)30(32(31)34(36)38)27-11-7-6-10-26(27)29/h4-12,17-19,21-22,29-32H,13-16H2,1-3H3. The van der Waals surface area contributed by atoms with E-state index in [2.05, 4.69) is 38.1 Å². The number of carbonyl (C=O) groups excluding carboxylic acids is 3. The fraction of sp³-hybridized carbons (Fsp3) is 0.400. The van der Waals surface area contributed by atoms with Crippen LogP contribution in [0.1, 0.15) is 90.7 Å². The molecule has 2 amide bonds. The molecule has 1 saturated heterocycles. The Hall–Kier alpha value is -3.73. The predicted molar refractivity (Wildman–Crippen MR) is 152 cm³/mol. The molecule has 0 spiro atoms. The lowest BCUT2D eigenvalue weighted by atomic mass is 9.55. The minimum Gasteiger partial charge on any atom is -0.426 e. The highest BCUT2D eigenvalue weighted by Crippen LogP contribution is 2.61. The van der Waals surface area contributed by atoms with Crippen molar-refractivity contribution in [3.63, 3.8) is 0 Å². The lowest BCUT2D eigenvalue weighted by Crippen LogP contribution is -2.44. The van der Waals surface area contributed by atoms with Gasteiger partial charge in [-0.25, -0.2) is 0 Å². The van der Waals surface area contributed by atoms with Crippen LogP contribution < -0.4 is 4.74 Å². The van der Waals surface area contributed by atoms with Gasteiger partial charge in [-0.2, -0.15) is 0 Å². The van der Waals surface area contributed by atoms with Crippen LogP contribution in [0.5, 0.6) is 5.75 Å². The van der Waals surface area contributed by atoms with Gasteiger partial charge in [-0.3, -0.25) is 19.3 Å². The second-order valence-corrected chi connectivity index (χ2v) is 12.4. The van der Waals surface area contributed by atoms with E-state index in [0.29, 0.717) is 31.4 Å². The summed E-state index contributed by atoms with van der Waals surface area (Å²) in [6.45, 7) is 6.19. The minimum absolute atomic E-state index is 0.0265. The van der Waals surface area contributed by atoms with Crippen LogP contribution in [0.3, 0.4) is 0 Å². The highest BCUT2D eigenvalue weighted by Gasteiger charge is 2.62. The van der Waals surface area contributed by atoms with Crippen molar-refractivity contribution in [2.75, 3.05) is 0 Å². The third-order valence-corrected chi connectivity index (χ3v) is 9.88. The Balaban J connectivity index is 1.10. The van der Waals surface area contributed by atoms with Gasteiger partial charge in [0.05, 0.1) is 17.8 Å². The highest BCUT2D eigenvalue weighted by molar-refractivity contribution is 6.08. The minimum atomic E-state index is -0.347. The van der Waals surface area contributed by atoms with Crippen molar-refractivity contribution in [2.24, 2.45) is 17.8 Å². The molecule has 3 aromatic rings. The third kappa shape index (κ3) is 3.70. The molecule has 0 aromatic heterocycles. The topological polar surface area (TPSA) is 63.7 Å². The summed E-state index contributed by atoms with van der Waals surface area (Å²) in [6, 6.07) is 22.5. The van der Waals surface area contributed by atoms with Gasteiger partial charge < -0.3 is 4.74 Å². The Morgan fingerprint density at radius 1 is 0.775 bits per heavy atom. The van der Waals surface area contributed by atoms with Crippen molar-refractivity contribution in [2.45, 2.75) is 70.3 Å². The molecule has 3 aromatic carbocycles. The summed E-state index contributed by atoms with van der Waals surface area (Å²) in [5.74, 6) is -0.448. The Kier molecular flexibility index (Phi) is 5.95. The average molecular weight is 534 g/mol. The van der Waals surface area contributed by atoms with Crippen LogP contribution in [0.2, 0.25) is 0 Å². The molecule has 2 unspecified atom stereocenters. The van der Waals surface area contributed by atoms with E-state index in [4.69, 9.17) is 4.74 Å². The molecular formula is C35H35NO4. The third-order valence-electron chi connectivity index (χ3n) is 9.88. The first-order valence-corrected chi connectivity index (χ1v) is 14.7. The molecule has 0 radical (unpaired) electrons. The molecule has 4 aliphatic carbocycles. The predicted octanol–water partition coefficient (Wildman–Crippen LogP) is 6.47. The Morgan fingerprint density at radius 2 is 1.27 bits per heavy atom. The number of esters is 1. The summed E-state index contributed by atoms with van der Waals surface area (Å²) in [5, 5.41) is 0. The molecule has 8 rings (SSSR count). The molecule has 2 fully saturated rings. The second-order valence-electron chi connectivity index (χ2n) is 12.4. The maximum absolute atomic E-state index is 14.1. The van der Waals surface area contributed by atoms with Gasteiger partial charge in [0.15, 0.2) is 0 Å². The van der Waals surface area contributed by atoms with Crippen LogP contribution in [-0.2, 0) is 14.4 Å². The molecule has 1 saturated carbocycles. The van der Waals surface area contributed by atoms with Crippen LogP contribution in [-0.4, -0.2) is 28.7 Å². The number of hydrogen-bond acceptors (Lipinski definition) is 4. The monoisotopic (exact) mass is 533 g/mol. The smallest absolute Gasteiger partial charge is 0.314 e. The molecule has 2 bridgehead atoms. The van der Waals surface area contributed by atoms with Crippen molar-refractivity contribution < 1.29 is 19.1 Å². The molecule has 204 valence electrons. The van der Waals surface area contributed by atoms with Crippen molar-refractivity contribution in [1.29, 1.82) is 0 Å². The number of amides is 2. The maximum atomic E-state index is 14.1. The quantitative estimate of drug-likeness (QED) is 0.219. The lowest BCUT2D eigenvalue weighted by molar-refractivity contribution is -0.144. The number of hydrogen-bond donors (Lipinski definition) is 0. The summed E-state index contributed by atoms with van der Waals surface area (Å²) in [5.41, 5.74) is 6.86. The number of rotatable bonds is 4. The highest BCUT2D eigenvalue weighted by atomic mass is 16.5. The van der Waals surface area contributed by atoms with Crippen molar-refractivity contribution in [1.82, 2.24) is 4.90 Å². The van der Waals surface area contributed by atoms with E-state index in [9.17, 15) is 14.4 Å². The lowest BCUT2D eigenvalue weighted by Gasteiger charge is -2.45. The Bertz CT molecular complexity index is 1420. The van der Waals surface area contributed by atoms with E-state index in [1.54, 1.807) is 4.90 Å². The molecule has 0 N–H and O–H groups in total. The van der Waals surface area contributed by atoms with Crippen LogP contribution in [0.4, 0.5) is 0 Å². The zero-order valence-corrected chi connectivity index (χ0v) is 23.3. The summed E-state index contributed by atoms with van der Waals surface area (Å²) in [4.78, 5) is 42.9. The van der Waals surface area contributed by atoms with Gasteiger partial charge in [-0.05, 0) is 78.0 Å². The molecule has 5 heteroatoms. The molecular weight excluding hydrogens is 498 g/mol.